The second-order valence-corrected chi connectivity index (χ2v) is 8.58. The number of sulfonamides is 1. The molecule has 0 radical (unpaired) electrons. The molecule has 0 heterocycles. The highest BCUT2D eigenvalue weighted by molar-refractivity contribution is 7.92. The molecule has 0 aromatic heterocycles. The Hall–Kier alpha value is -3.92. The summed E-state index contributed by atoms with van der Waals surface area (Å²) in [6.07, 6.45) is -0.107. The average molecular weight is 472 g/mol. The molecule has 3 aromatic carbocycles. The number of ether oxygens (including phenoxy) is 1. The zero-order chi connectivity index (χ0) is 23.8. The number of anilines is 1. The Bertz CT molecular complexity index is 1230. The zero-order valence-electron chi connectivity index (χ0n) is 17.7. The maximum atomic E-state index is 13.2. The highest BCUT2D eigenvalue weighted by Crippen LogP contribution is 2.19. The fourth-order valence-electron chi connectivity index (χ4n) is 2.86. The van der Waals surface area contributed by atoms with E-state index in [0.29, 0.717) is 17.9 Å². The van der Waals surface area contributed by atoms with Crippen LogP contribution < -0.4 is 20.3 Å². The molecule has 2 amide bonds. The first kappa shape index (κ1) is 23.7. The van der Waals surface area contributed by atoms with Gasteiger partial charge in [0.05, 0.1) is 17.9 Å². The van der Waals surface area contributed by atoms with Crippen LogP contribution in [0.15, 0.2) is 77.7 Å². The van der Waals surface area contributed by atoms with E-state index in [9.17, 15) is 22.4 Å². The van der Waals surface area contributed by atoms with Crippen LogP contribution in [0.3, 0.4) is 0 Å². The molecule has 3 rings (SSSR count). The number of hydrazine groups is 1. The van der Waals surface area contributed by atoms with Gasteiger partial charge in [0.25, 0.3) is 15.9 Å². The number of benzene rings is 3. The van der Waals surface area contributed by atoms with E-state index in [1.807, 2.05) is 6.92 Å². The molecule has 0 spiro atoms. The molecule has 0 aliphatic rings. The summed E-state index contributed by atoms with van der Waals surface area (Å²) in [5, 5.41) is 0. The van der Waals surface area contributed by atoms with Gasteiger partial charge in [-0.2, -0.15) is 0 Å². The molecule has 0 saturated carbocycles. The molecule has 172 valence electrons. The van der Waals surface area contributed by atoms with E-state index in [-0.39, 0.29) is 22.6 Å². The summed E-state index contributed by atoms with van der Waals surface area (Å²) in [4.78, 5) is 24.2. The van der Waals surface area contributed by atoms with Crippen molar-refractivity contribution in [3.63, 3.8) is 0 Å². The fourth-order valence-corrected chi connectivity index (χ4v) is 3.92. The van der Waals surface area contributed by atoms with Crippen LogP contribution in [0, 0.1) is 5.82 Å². The van der Waals surface area contributed by atoms with Crippen LogP contribution in [-0.2, 0) is 21.2 Å². The number of carbonyl (C=O) groups is 2. The highest BCUT2D eigenvalue weighted by Gasteiger charge is 2.15. The van der Waals surface area contributed by atoms with Crippen LogP contribution in [0.5, 0.6) is 5.75 Å². The molecule has 3 aromatic rings. The quantitative estimate of drug-likeness (QED) is 0.437. The van der Waals surface area contributed by atoms with Crippen molar-refractivity contribution in [3.05, 3.63) is 89.7 Å². The summed E-state index contributed by atoms with van der Waals surface area (Å²) in [6.45, 7) is 2.30. The Morgan fingerprint density at radius 1 is 0.939 bits per heavy atom. The first-order valence-corrected chi connectivity index (χ1v) is 11.4. The van der Waals surface area contributed by atoms with Crippen LogP contribution in [0.4, 0.5) is 10.1 Å². The number of rotatable bonds is 8. The zero-order valence-corrected chi connectivity index (χ0v) is 18.5. The van der Waals surface area contributed by atoms with Crippen molar-refractivity contribution in [2.24, 2.45) is 0 Å². The van der Waals surface area contributed by atoms with E-state index in [1.54, 1.807) is 18.2 Å². The van der Waals surface area contributed by atoms with Gasteiger partial charge in [-0.3, -0.25) is 25.2 Å². The van der Waals surface area contributed by atoms with Crippen LogP contribution in [0.2, 0.25) is 0 Å². The van der Waals surface area contributed by atoms with Crippen molar-refractivity contribution in [3.8, 4) is 5.75 Å². The lowest BCUT2D eigenvalue weighted by Gasteiger charge is -2.10. The van der Waals surface area contributed by atoms with Crippen molar-refractivity contribution in [1.82, 2.24) is 10.9 Å². The molecule has 0 saturated heterocycles. The van der Waals surface area contributed by atoms with Crippen LogP contribution in [0.1, 0.15) is 22.8 Å². The standard InChI is InChI=1S/C23H22FN3O5S/c1-2-32-20-10-12-21(13-11-20)33(30,31)27-19-8-6-17(7-9-19)23(29)26-25-22(28)15-16-4-3-5-18(24)14-16/h3-14,27H,2,15H2,1H3,(H,25,28)(H,26,29). The molecule has 3 N–H and O–H groups in total. The summed E-state index contributed by atoms with van der Waals surface area (Å²) in [5.74, 6) is -1.00. The topological polar surface area (TPSA) is 114 Å². The third-order valence-electron chi connectivity index (χ3n) is 4.41. The van der Waals surface area contributed by atoms with E-state index >= 15 is 0 Å². The minimum atomic E-state index is -3.82. The Morgan fingerprint density at radius 2 is 1.64 bits per heavy atom. The van der Waals surface area contributed by atoms with Gasteiger partial charge in [-0.1, -0.05) is 12.1 Å². The average Bonchev–Trinajstić information content (AvgIpc) is 2.78. The molecule has 8 nitrogen and oxygen atoms in total. The van der Waals surface area contributed by atoms with E-state index in [2.05, 4.69) is 15.6 Å². The first-order chi connectivity index (χ1) is 15.8. The molecule has 0 aliphatic heterocycles. The van der Waals surface area contributed by atoms with Gasteiger partial charge in [-0.05, 0) is 73.2 Å². The number of hydrogen-bond donors (Lipinski definition) is 3. The monoisotopic (exact) mass is 471 g/mol. The van der Waals surface area contributed by atoms with Crippen molar-refractivity contribution in [1.29, 1.82) is 0 Å². The lowest BCUT2D eigenvalue weighted by Crippen LogP contribution is -2.42. The van der Waals surface area contributed by atoms with Gasteiger partial charge in [0.1, 0.15) is 11.6 Å². The van der Waals surface area contributed by atoms with Crippen molar-refractivity contribution in [2.45, 2.75) is 18.2 Å². The Morgan fingerprint density at radius 3 is 2.27 bits per heavy atom. The van der Waals surface area contributed by atoms with Crippen molar-refractivity contribution in [2.75, 3.05) is 11.3 Å². The SMILES string of the molecule is CCOc1ccc(S(=O)(=O)Nc2ccc(C(=O)NNC(=O)Cc3cccc(F)c3)cc2)cc1. The number of halogens is 1. The summed E-state index contributed by atoms with van der Waals surface area (Å²) in [7, 11) is -3.82. The summed E-state index contributed by atoms with van der Waals surface area (Å²) >= 11 is 0. The molecule has 0 fully saturated rings. The molecule has 10 heteroatoms. The summed E-state index contributed by atoms with van der Waals surface area (Å²) < 4.78 is 46.0. The maximum Gasteiger partial charge on any atom is 0.269 e. The van der Waals surface area contributed by atoms with Crippen LogP contribution >= 0.6 is 0 Å². The van der Waals surface area contributed by atoms with E-state index < -0.39 is 27.7 Å². The first-order valence-electron chi connectivity index (χ1n) is 9.96. The summed E-state index contributed by atoms with van der Waals surface area (Å²) in [5.41, 5.74) is 5.44. The third kappa shape index (κ3) is 6.78. The van der Waals surface area contributed by atoms with Crippen LogP contribution in [-0.4, -0.2) is 26.8 Å². The smallest absolute Gasteiger partial charge is 0.269 e. The lowest BCUT2D eigenvalue weighted by atomic mass is 10.1. The molecular formula is C23H22FN3O5S. The van der Waals surface area contributed by atoms with E-state index in [1.165, 1.54) is 54.6 Å². The minimum absolute atomic E-state index is 0.0637. The van der Waals surface area contributed by atoms with Crippen LogP contribution in [0.25, 0.3) is 0 Å². The van der Waals surface area contributed by atoms with Gasteiger partial charge in [0.2, 0.25) is 5.91 Å². The highest BCUT2D eigenvalue weighted by atomic mass is 32.2. The fraction of sp³-hybridized carbons (Fsp3) is 0.130. The molecule has 0 bridgehead atoms. The predicted molar refractivity (Wildman–Crippen MR) is 121 cm³/mol. The Balaban J connectivity index is 1.55. The largest absolute Gasteiger partial charge is 0.494 e. The van der Waals surface area contributed by atoms with E-state index in [4.69, 9.17) is 4.74 Å². The number of carbonyl (C=O) groups excluding carboxylic acids is 2. The maximum absolute atomic E-state index is 13.2. The molecule has 33 heavy (non-hydrogen) atoms. The van der Waals surface area contributed by atoms with Crippen molar-refractivity contribution >= 4 is 27.5 Å². The van der Waals surface area contributed by atoms with Gasteiger partial charge in [-0.25, -0.2) is 12.8 Å². The summed E-state index contributed by atoms with van der Waals surface area (Å²) in [6, 6.07) is 17.2. The molecule has 0 atom stereocenters. The Kier molecular flexibility index (Phi) is 7.62. The molecule has 0 unspecified atom stereocenters. The van der Waals surface area contributed by atoms with Gasteiger partial charge in [0, 0.05) is 11.3 Å². The second kappa shape index (κ2) is 10.6. The number of hydrogen-bond acceptors (Lipinski definition) is 5. The minimum Gasteiger partial charge on any atom is -0.494 e. The third-order valence-corrected chi connectivity index (χ3v) is 5.81. The number of nitrogens with one attached hydrogen (secondary N) is 3. The normalized spacial score (nSPS) is 10.8. The lowest BCUT2D eigenvalue weighted by molar-refractivity contribution is -0.121. The predicted octanol–water partition coefficient (Wildman–Crippen LogP) is 3.03. The van der Waals surface area contributed by atoms with Gasteiger partial charge < -0.3 is 4.74 Å². The number of amides is 2. The van der Waals surface area contributed by atoms with Gasteiger partial charge >= 0.3 is 0 Å². The van der Waals surface area contributed by atoms with Gasteiger partial charge in [0.15, 0.2) is 0 Å². The molecular weight excluding hydrogens is 449 g/mol. The molecule has 0 aliphatic carbocycles. The van der Waals surface area contributed by atoms with E-state index in [0.717, 1.165) is 0 Å². The second-order valence-electron chi connectivity index (χ2n) is 6.90. The Labute approximate surface area is 190 Å². The van der Waals surface area contributed by atoms with Gasteiger partial charge in [-0.15, -0.1) is 0 Å². The van der Waals surface area contributed by atoms with Crippen molar-refractivity contribution < 1.29 is 27.1 Å².